The number of benzene rings is 2. The number of para-hydroxylation sites is 1. The number of aliphatic hydroxyl groups is 1. The number of carbonyl (C=O) groups is 1. The van der Waals surface area contributed by atoms with Crippen molar-refractivity contribution in [3.05, 3.63) is 60.3 Å². The van der Waals surface area contributed by atoms with E-state index in [2.05, 4.69) is 25.8 Å². The summed E-state index contributed by atoms with van der Waals surface area (Å²) >= 11 is 0. The minimum atomic E-state index is -0.532. The predicted octanol–water partition coefficient (Wildman–Crippen LogP) is 2.31. The van der Waals surface area contributed by atoms with Gasteiger partial charge in [-0.25, -0.2) is 4.68 Å². The maximum atomic E-state index is 12.1. The first-order chi connectivity index (χ1) is 13.7. The summed E-state index contributed by atoms with van der Waals surface area (Å²) in [6, 6.07) is 14.9. The van der Waals surface area contributed by atoms with Crippen LogP contribution in [-0.2, 0) is 0 Å². The van der Waals surface area contributed by atoms with Crippen LogP contribution in [0.5, 0.6) is 0 Å². The van der Waals surface area contributed by atoms with Crippen LogP contribution in [0.1, 0.15) is 23.7 Å². The third kappa shape index (κ3) is 3.49. The molecular formula is C20H20N6O2. The predicted molar refractivity (Wildman–Crippen MR) is 105 cm³/mol. The molecule has 0 radical (unpaired) electrons. The van der Waals surface area contributed by atoms with Gasteiger partial charge in [-0.3, -0.25) is 9.89 Å². The van der Waals surface area contributed by atoms with Crippen molar-refractivity contribution in [2.75, 3.05) is 6.54 Å². The lowest BCUT2D eigenvalue weighted by atomic mass is 10.1. The highest BCUT2D eigenvalue weighted by molar-refractivity contribution is 5.94. The van der Waals surface area contributed by atoms with E-state index in [0.29, 0.717) is 17.7 Å². The Morgan fingerprint density at radius 2 is 2.00 bits per heavy atom. The first-order valence-corrected chi connectivity index (χ1v) is 9.08. The highest BCUT2D eigenvalue weighted by Crippen LogP contribution is 2.24. The number of rotatable bonds is 6. The molecule has 8 nitrogen and oxygen atoms in total. The van der Waals surface area contributed by atoms with Gasteiger partial charge in [-0.2, -0.15) is 5.10 Å². The van der Waals surface area contributed by atoms with Gasteiger partial charge in [-0.1, -0.05) is 30.3 Å². The molecule has 28 heavy (non-hydrogen) atoms. The molecule has 2 aromatic carbocycles. The van der Waals surface area contributed by atoms with Gasteiger partial charge in [0.1, 0.15) is 11.4 Å². The summed E-state index contributed by atoms with van der Waals surface area (Å²) in [5.74, 6) is -0.221. The molecule has 0 saturated heterocycles. The van der Waals surface area contributed by atoms with Gasteiger partial charge in [0, 0.05) is 17.5 Å². The third-order valence-electron chi connectivity index (χ3n) is 4.57. The standard InChI is InChI=1S/C20H20N6O2/c1-2-15(27)11-21-20(28)13-7-9-14(10-8-13)26-12-18(23-25-26)19-16-5-3-4-6-17(16)22-24-19/h3-10,12,15,27H,2,11H2,1H3,(H,21,28)(H,22,24)/t15-/m0/s1. The van der Waals surface area contributed by atoms with Crippen molar-refractivity contribution in [1.82, 2.24) is 30.5 Å². The van der Waals surface area contributed by atoms with Gasteiger partial charge in [0.2, 0.25) is 0 Å². The summed E-state index contributed by atoms with van der Waals surface area (Å²) in [5.41, 5.74) is 3.64. The number of amides is 1. The van der Waals surface area contributed by atoms with Crippen LogP contribution < -0.4 is 5.32 Å². The molecule has 142 valence electrons. The van der Waals surface area contributed by atoms with E-state index in [1.54, 1.807) is 35.1 Å². The van der Waals surface area contributed by atoms with E-state index < -0.39 is 6.10 Å². The van der Waals surface area contributed by atoms with E-state index in [1.165, 1.54) is 0 Å². The minimum absolute atomic E-state index is 0.221. The fourth-order valence-electron chi connectivity index (χ4n) is 2.88. The molecule has 4 rings (SSSR count). The van der Waals surface area contributed by atoms with Gasteiger partial charge in [0.25, 0.3) is 5.91 Å². The molecule has 3 N–H and O–H groups in total. The van der Waals surface area contributed by atoms with Crippen molar-refractivity contribution in [2.45, 2.75) is 19.4 Å². The second kappa shape index (κ2) is 7.61. The van der Waals surface area contributed by atoms with Gasteiger partial charge in [0.05, 0.1) is 23.5 Å². The molecule has 1 amide bonds. The highest BCUT2D eigenvalue weighted by Gasteiger charge is 2.13. The second-order valence-corrected chi connectivity index (χ2v) is 6.49. The van der Waals surface area contributed by atoms with Crippen LogP contribution in [0.4, 0.5) is 0 Å². The normalized spacial score (nSPS) is 12.2. The monoisotopic (exact) mass is 376 g/mol. The van der Waals surface area contributed by atoms with Crippen LogP contribution in [-0.4, -0.2) is 48.9 Å². The Bertz CT molecular complexity index is 1100. The summed E-state index contributed by atoms with van der Waals surface area (Å²) in [6.45, 7) is 2.10. The molecule has 0 saturated carbocycles. The first kappa shape index (κ1) is 17.9. The molecule has 0 unspecified atom stereocenters. The molecule has 0 aliphatic rings. The second-order valence-electron chi connectivity index (χ2n) is 6.49. The lowest BCUT2D eigenvalue weighted by molar-refractivity contribution is 0.0914. The number of carbonyl (C=O) groups excluding carboxylic acids is 1. The van der Waals surface area contributed by atoms with Crippen molar-refractivity contribution >= 4 is 16.8 Å². The van der Waals surface area contributed by atoms with Crippen molar-refractivity contribution in [3.63, 3.8) is 0 Å². The molecule has 8 heteroatoms. The lowest BCUT2D eigenvalue weighted by Crippen LogP contribution is -2.31. The van der Waals surface area contributed by atoms with E-state index >= 15 is 0 Å². The van der Waals surface area contributed by atoms with E-state index in [0.717, 1.165) is 22.3 Å². The summed E-state index contributed by atoms with van der Waals surface area (Å²) in [4.78, 5) is 12.1. The van der Waals surface area contributed by atoms with E-state index in [1.807, 2.05) is 31.2 Å². The number of aromatic nitrogens is 5. The fraction of sp³-hybridized carbons (Fsp3) is 0.200. The summed E-state index contributed by atoms with van der Waals surface area (Å²) in [7, 11) is 0. The third-order valence-corrected chi connectivity index (χ3v) is 4.57. The van der Waals surface area contributed by atoms with Gasteiger partial charge in [-0.15, -0.1) is 5.10 Å². The van der Waals surface area contributed by atoms with Gasteiger partial charge >= 0.3 is 0 Å². The Labute approximate surface area is 161 Å². The maximum Gasteiger partial charge on any atom is 0.251 e. The molecule has 1 atom stereocenters. The molecule has 0 aliphatic heterocycles. The minimum Gasteiger partial charge on any atom is -0.391 e. The van der Waals surface area contributed by atoms with Crippen molar-refractivity contribution in [3.8, 4) is 17.1 Å². The van der Waals surface area contributed by atoms with Gasteiger partial charge in [-0.05, 0) is 36.8 Å². The highest BCUT2D eigenvalue weighted by atomic mass is 16.3. The zero-order valence-electron chi connectivity index (χ0n) is 15.3. The molecule has 0 spiro atoms. The molecule has 2 aromatic heterocycles. The Balaban J connectivity index is 1.52. The van der Waals surface area contributed by atoms with Gasteiger partial charge in [0.15, 0.2) is 0 Å². The Morgan fingerprint density at radius 1 is 1.21 bits per heavy atom. The van der Waals surface area contributed by atoms with E-state index in [-0.39, 0.29) is 12.5 Å². The summed E-state index contributed by atoms with van der Waals surface area (Å²) in [5, 5.41) is 29.0. The van der Waals surface area contributed by atoms with Crippen LogP contribution in [0.15, 0.2) is 54.7 Å². The quantitative estimate of drug-likeness (QED) is 0.478. The Hall–Kier alpha value is -3.52. The first-order valence-electron chi connectivity index (χ1n) is 9.08. The number of nitrogens with one attached hydrogen (secondary N) is 2. The molecule has 0 fully saturated rings. The zero-order chi connectivity index (χ0) is 19.5. The van der Waals surface area contributed by atoms with Crippen molar-refractivity contribution < 1.29 is 9.90 Å². The van der Waals surface area contributed by atoms with Crippen molar-refractivity contribution in [1.29, 1.82) is 0 Å². The zero-order valence-corrected chi connectivity index (χ0v) is 15.3. The molecule has 4 aromatic rings. The Morgan fingerprint density at radius 3 is 2.79 bits per heavy atom. The molecular weight excluding hydrogens is 356 g/mol. The number of aromatic amines is 1. The van der Waals surface area contributed by atoms with E-state index in [9.17, 15) is 9.90 Å². The van der Waals surface area contributed by atoms with Crippen LogP contribution in [0.3, 0.4) is 0 Å². The number of aliphatic hydroxyl groups excluding tert-OH is 1. The number of hydrogen-bond donors (Lipinski definition) is 3. The molecule has 0 aliphatic carbocycles. The summed E-state index contributed by atoms with van der Waals surface area (Å²) in [6.07, 6.45) is 1.86. The number of nitrogens with zero attached hydrogens (tertiary/aromatic N) is 4. The maximum absolute atomic E-state index is 12.1. The molecule has 2 heterocycles. The smallest absolute Gasteiger partial charge is 0.251 e. The summed E-state index contributed by atoms with van der Waals surface area (Å²) < 4.78 is 1.64. The Kier molecular flexibility index (Phi) is 4.86. The fourth-order valence-corrected chi connectivity index (χ4v) is 2.88. The van der Waals surface area contributed by atoms with Crippen LogP contribution in [0.25, 0.3) is 28.0 Å². The van der Waals surface area contributed by atoms with Crippen LogP contribution in [0.2, 0.25) is 0 Å². The SMILES string of the molecule is CC[C@H](O)CNC(=O)c1ccc(-n2cc(-c3n[nH]c4ccccc34)nn2)cc1. The van der Waals surface area contributed by atoms with Crippen molar-refractivity contribution in [2.24, 2.45) is 0 Å². The van der Waals surface area contributed by atoms with Crippen LogP contribution in [0, 0.1) is 0 Å². The number of H-pyrrole nitrogens is 1. The topological polar surface area (TPSA) is 109 Å². The van der Waals surface area contributed by atoms with Gasteiger partial charge < -0.3 is 10.4 Å². The average Bonchev–Trinajstić information content (AvgIpc) is 3.38. The lowest BCUT2D eigenvalue weighted by Gasteiger charge is -2.09. The van der Waals surface area contributed by atoms with E-state index in [4.69, 9.17) is 0 Å². The number of fused-ring (bicyclic) bond motifs is 1. The molecule has 0 bridgehead atoms. The number of hydrogen-bond acceptors (Lipinski definition) is 5. The largest absolute Gasteiger partial charge is 0.391 e. The average molecular weight is 376 g/mol. The van der Waals surface area contributed by atoms with Crippen LogP contribution >= 0.6 is 0 Å².